The summed E-state index contributed by atoms with van der Waals surface area (Å²) in [5.74, 6) is 4.58. The Labute approximate surface area is 272 Å². The Morgan fingerprint density at radius 3 is 2.51 bits per heavy atom. The highest BCUT2D eigenvalue weighted by Crippen LogP contribution is 2.71. The number of carboxylic acid groups (broad SMARTS) is 1. The van der Waals surface area contributed by atoms with Gasteiger partial charge in [0.2, 0.25) is 0 Å². The van der Waals surface area contributed by atoms with Crippen LogP contribution in [0.25, 0.3) is 0 Å². The molecule has 2 N–H and O–H groups in total. The number of aliphatic carboxylic acids is 1. The van der Waals surface area contributed by atoms with E-state index < -0.39 is 21.4 Å². The molecule has 7 unspecified atom stereocenters. The van der Waals surface area contributed by atoms with Crippen LogP contribution in [0, 0.1) is 64.1 Å². The molecular weight excluding hydrogens is 580 g/mol. The first-order valence-corrected chi connectivity index (χ1v) is 19.9. The van der Waals surface area contributed by atoms with Crippen LogP contribution in [0.1, 0.15) is 104 Å². The molecular formula is C38H56N2O4S. The zero-order valence-corrected chi connectivity index (χ0v) is 28.7. The molecule has 0 aromatic rings. The van der Waals surface area contributed by atoms with Crippen LogP contribution in [-0.2, 0) is 15.5 Å². The molecule has 10 aliphatic rings. The number of fused-ring (bicyclic) bond motifs is 9. The summed E-state index contributed by atoms with van der Waals surface area (Å²) in [4.78, 5) is 14.0. The van der Waals surface area contributed by atoms with Gasteiger partial charge in [0, 0.05) is 31.2 Å². The molecule has 248 valence electrons. The van der Waals surface area contributed by atoms with Crippen molar-refractivity contribution in [2.75, 3.05) is 19.6 Å². The van der Waals surface area contributed by atoms with Crippen LogP contribution >= 0.6 is 0 Å². The molecule has 0 spiro atoms. The first kappa shape index (κ1) is 29.9. The highest BCUT2D eigenvalue weighted by Gasteiger charge is 2.65. The van der Waals surface area contributed by atoms with Crippen molar-refractivity contribution >= 4 is 16.7 Å². The highest BCUT2D eigenvalue weighted by molar-refractivity contribution is 7.74. The maximum absolute atomic E-state index is 11.8. The lowest BCUT2D eigenvalue weighted by Crippen LogP contribution is -2.63. The molecule has 12 atom stereocenters. The Morgan fingerprint density at radius 2 is 1.80 bits per heavy atom. The summed E-state index contributed by atoms with van der Waals surface area (Å²) < 4.78 is 23.3. The summed E-state index contributed by atoms with van der Waals surface area (Å²) >= 11 is 0. The monoisotopic (exact) mass is 636 g/mol. The van der Waals surface area contributed by atoms with Gasteiger partial charge in [0.1, 0.15) is 10.7 Å². The van der Waals surface area contributed by atoms with E-state index in [4.69, 9.17) is 0 Å². The van der Waals surface area contributed by atoms with E-state index in [1.807, 2.05) is 0 Å². The second-order valence-corrected chi connectivity index (χ2v) is 19.8. The molecule has 0 radical (unpaired) electrons. The first-order valence-electron chi connectivity index (χ1n) is 18.8. The quantitative estimate of drug-likeness (QED) is 0.295. The molecule has 2 saturated heterocycles. The summed E-state index contributed by atoms with van der Waals surface area (Å²) in [6.07, 6.45) is 21.2. The van der Waals surface area contributed by atoms with Gasteiger partial charge in [-0.15, -0.1) is 0 Å². The van der Waals surface area contributed by atoms with Gasteiger partial charge in [-0.2, -0.15) is 0 Å². The van der Waals surface area contributed by atoms with Gasteiger partial charge in [-0.3, -0.25) is 9.69 Å². The lowest BCUT2D eigenvalue weighted by molar-refractivity contribution is -0.166. The molecule has 0 amide bonds. The summed E-state index contributed by atoms with van der Waals surface area (Å²) in [5, 5.41) is 13.7. The topological polar surface area (TPSA) is 86.7 Å². The van der Waals surface area contributed by atoms with Gasteiger partial charge >= 0.3 is 5.97 Å². The summed E-state index contributed by atoms with van der Waals surface area (Å²) in [5.41, 5.74) is 4.19. The molecule has 10 rings (SSSR count). The molecule has 8 aliphatic carbocycles. The predicted molar refractivity (Wildman–Crippen MR) is 176 cm³/mol. The Hall–Kier alpha value is -1.18. The molecule has 0 aromatic heterocycles. The molecule has 2 bridgehead atoms. The number of nitrogens with one attached hydrogen (secondary N) is 1. The minimum Gasteiger partial charge on any atom is -0.481 e. The van der Waals surface area contributed by atoms with Crippen LogP contribution < -0.4 is 5.32 Å². The molecule has 8 fully saturated rings. The van der Waals surface area contributed by atoms with Crippen molar-refractivity contribution in [3.63, 3.8) is 0 Å². The number of rotatable bonds is 7. The van der Waals surface area contributed by atoms with Crippen LogP contribution in [0.4, 0.5) is 0 Å². The third-order valence-corrected chi connectivity index (χ3v) is 18.2. The lowest BCUT2D eigenvalue weighted by Gasteiger charge is -2.67. The zero-order chi connectivity index (χ0) is 31.1. The predicted octanol–water partition coefficient (Wildman–Crippen LogP) is 6.05. The largest absolute Gasteiger partial charge is 0.481 e. The van der Waals surface area contributed by atoms with Crippen molar-refractivity contribution in [3.05, 3.63) is 23.3 Å². The molecule has 6 saturated carbocycles. The number of allylic oxidation sites excluding steroid dienone is 4. The van der Waals surface area contributed by atoms with E-state index in [1.165, 1.54) is 69.8 Å². The third-order valence-electron chi connectivity index (χ3n) is 17.0. The van der Waals surface area contributed by atoms with Gasteiger partial charge in [0.25, 0.3) is 0 Å². The van der Waals surface area contributed by atoms with Crippen LogP contribution in [0.3, 0.4) is 0 Å². The molecule has 6 nitrogen and oxygen atoms in total. The smallest absolute Gasteiger partial charge is 0.307 e. The average molecular weight is 637 g/mol. The Balaban J connectivity index is 0.890. The number of hydrogen-bond donors (Lipinski definition) is 3. The maximum atomic E-state index is 11.8. The fourth-order valence-electron chi connectivity index (χ4n) is 14.8. The molecule has 45 heavy (non-hydrogen) atoms. The van der Waals surface area contributed by atoms with E-state index in [-0.39, 0.29) is 5.92 Å². The Morgan fingerprint density at radius 1 is 1.00 bits per heavy atom. The highest BCUT2D eigenvalue weighted by atomic mass is 32.2. The van der Waals surface area contributed by atoms with E-state index in [1.54, 1.807) is 5.57 Å². The molecule has 0 aromatic carbocycles. The lowest BCUT2D eigenvalue weighted by atomic mass is 9.38. The van der Waals surface area contributed by atoms with Crippen molar-refractivity contribution in [2.24, 2.45) is 64.1 Å². The second-order valence-electron chi connectivity index (χ2n) is 18.3. The van der Waals surface area contributed by atoms with Crippen molar-refractivity contribution in [2.45, 2.75) is 121 Å². The number of carbonyl (C=O) groups is 1. The van der Waals surface area contributed by atoms with Crippen molar-refractivity contribution in [1.29, 1.82) is 0 Å². The normalized spacial score (nSPS) is 54.2. The van der Waals surface area contributed by atoms with Crippen LogP contribution in [0.2, 0.25) is 0 Å². The van der Waals surface area contributed by atoms with Gasteiger partial charge in [-0.25, -0.2) is 8.42 Å². The van der Waals surface area contributed by atoms with Crippen molar-refractivity contribution in [3.8, 4) is 0 Å². The van der Waals surface area contributed by atoms with E-state index in [2.05, 4.69) is 43.1 Å². The van der Waals surface area contributed by atoms with E-state index >= 15 is 0 Å². The number of hydrogen-bond acceptors (Lipinski definition) is 5. The van der Waals surface area contributed by atoms with Crippen LogP contribution in [-0.4, -0.2) is 60.4 Å². The fraction of sp³-hybridized carbons (Fsp3) is 0.868. The minimum atomic E-state index is -2.31. The van der Waals surface area contributed by atoms with Gasteiger partial charge in [-0.05, 0) is 146 Å². The summed E-state index contributed by atoms with van der Waals surface area (Å²) in [6, 6.07) is 0.497. The number of carboxylic acids is 1. The summed E-state index contributed by atoms with van der Waals surface area (Å²) in [6.45, 7) is 10.7. The zero-order valence-electron chi connectivity index (χ0n) is 27.8. The number of nitrogens with zero attached hydrogens (tertiary/aromatic N) is 1. The third kappa shape index (κ3) is 4.04. The molecule has 7 heteroatoms. The van der Waals surface area contributed by atoms with Gasteiger partial charge in [0.15, 0.2) is 0 Å². The fourth-order valence-corrected chi connectivity index (χ4v) is 15.8. The molecule has 2 aliphatic heterocycles. The SMILES string of the molecule is CC1C(C2=CC3C(C2)C3C(=O)O)=CC[C@@]2(C)C1CC[C@@]1(C)C3CC[C@@]4(NCCN5CC6([SH](=O)=O)CC5C6)CCC[C@@H]4[C@H]3CCC21. The van der Waals surface area contributed by atoms with E-state index in [0.717, 1.165) is 68.5 Å². The Bertz CT molecular complexity index is 1420. The van der Waals surface area contributed by atoms with Gasteiger partial charge in [0.05, 0.1) is 10.7 Å². The Kier molecular flexibility index (Phi) is 6.61. The van der Waals surface area contributed by atoms with Gasteiger partial charge in [-0.1, -0.05) is 39.3 Å². The minimum absolute atomic E-state index is 0.116. The first-order chi connectivity index (χ1) is 21.5. The van der Waals surface area contributed by atoms with Crippen LogP contribution in [0.5, 0.6) is 0 Å². The van der Waals surface area contributed by atoms with Gasteiger partial charge < -0.3 is 10.4 Å². The average Bonchev–Trinajstić information content (AvgIpc) is 3.45. The second kappa shape index (κ2) is 9.94. The van der Waals surface area contributed by atoms with E-state index in [9.17, 15) is 18.3 Å². The number of thiol groups is 1. The van der Waals surface area contributed by atoms with Crippen LogP contribution in [0.15, 0.2) is 23.3 Å². The standard InChI is InChI=1S/C38H56N2O4S/c1-22-25(23-17-27-28(18-23)33(27)34(41)42)8-12-35(2)29(22)9-13-36(3)30-10-14-38(11-4-5-31(38)26(30)6-7-32(35)36)39-15-16-40-21-37(45(43)44)19-24(40)20-37/h8,17,22,24,26-33,39,45H,4-7,9-16,18-21H2,1-3H3,(H,41,42)/t22?,24?,26-,27?,28?,29?,30?,31+,32?,33?,35-,36-,37?,38-/m0/s1. The van der Waals surface area contributed by atoms with Crippen molar-refractivity contribution in [1.82, 2.24) is 10.2 Å². The summed E-state index contributed by atoms with van der Waals surface area (Å²) in [7, 11) is -2.31. The molecule has 2 heterocycles. The maximum Gasteiger partial charge on any atom is 0.307 e. The van der Waals surface area contributed by atoms with E-state index in [0.29, 0.717) is 40.2 Å². The van der Waals surface area contributed by atoms with Crippen molar-refractivity contribution < 1.29 is 18.3 Å².